The van der Waals surface area contributed by atoms with Crippen molar-refractivity contribution in [2.24, 2.45) is 0 Å². The summed E-state index contributed by atoms with van der Waals surface area (Å²) >= 11 is 0. The molecule has 0 saturated heterocycles. The number of hydrogen-bond acceptors (Lipinski definition) is 5. The number of phenolic OH excluding ortho intramolecular Hbond substituents is 1. The molecule has 0 aliphatic heterocycles. The number of nitrogens with zero attached hydrogens (tertiary/aromatic N) is 1. The topological polar surface area (TPSA) is 59.0 Å². The average molecular weight is 403 g/mol. The first-order chi connectivity index (χ1) is 14.5. The molecule has 0 heterocycles. The van der Waals surface area contributed by atoms with E-state index < -0.39 is 0 Å². The van der Waals surface area contributed by atoms with Crippen LogP contribution in [-0.2, 0) is 13.2 Å². The van der Waals surface area contributed by atoms with Crippen LogP contribution in [0.5, 0.6) is 17.2 Å². The maximum atomic E-state index is 12.7. The van der Waals surface area contributed by atoms with Crippen molar-refractivity contribution in [3.63, 3.8) is 0 Å². The van der Waals surface area contributed by atoms with Crippen LogP contribution in [0.3, 0.4) is 0 Å². The zero-order valence-electron chi connectivity index (χ0n) is 17.1. The number of carbonyl (C=O) groups is 1. The second-order valence-corrected chi connectivity index (χ2v) is 7.01. The Labute approximate surface area is 176 Å². The lowest BCUT2D eigenvalue weighted by Gasteiger charge is -2.15. The van der Waals surface area contributed by atoms with Gasteiger partial charge in [-0.1, -0.05) is 60.7 Å². The summed E-state index contributed by atoms with van der Waals surface area (Å²) in [6, 6.07) is 22.4. The summed E-state index contributed by atoms with van der Waals surface area (Å²) < 4.78 is 11.7. The highest BCUT2D eigenvalue weighted by molar-refractivity contribution is 6.08. The smallest absolute Gasteiger partial charge is 0.194 e. The van der Waals surface area contributed by atoms with Crippen LogP contribution < -0.4 is 9.47 Å². The van der Waals surface area contributed by atoms with E-state index in [9.17, 15) is 9.90 Å². The third kappa shape index (κ3) is 5.88. The highest BCUT2D eigenvalue weighted by atomic mass is 16.5. The van der Waals surface area contributed by atoms with E-state index in [4.69, 9.17) is 9.47 Å². The fourth-order valence-electron chi connectivity index (χ4n) is 2.80. The van der Waals surface area contributed by atoms with Crippen LogP contribution in [-0.4, -0.2) is 29.9 Å². The zero-order valence-corrected chi connectivity index (χ0v) is 17.1. The summed E-state index contributed by atoms with van der Waals surface area (Å²) in [5, 5.41) is 10.6. The Balaban J connectivity index is 1.86. The Morgan fingerprint density at radius 2 is 1.47 bits per heavy atom. The molecule has 0 aliphatic carbocycles. The van der Waals surface area contributed by atoms with Gasteiger partial charge in [0.25, 0.3) is 0 Å². The first-order valence-electron chi connectivity index (χ1n) is 9.62. The Bertz CT molecular complexity index is 998. The van der Waals surface area contributed by atoms with Crippen molar-refractivity contribution in [2.75, 3.05) is 14.1 Å². The van der Waals surface area contributed by atoms with Gasteiger partial charge in [0.05, 0.1) is 0 Å². The van der Waals surface area contributed by atoms with E-state index in [1.807, 2.05) is 74.8 Å². The van der Waals surface area contributed by atoms with E-state index in [-0.39, 0.29) is 29.5 Å². The van der Waals surface area contributed by atoms with Crippen molar-refractivity contribution < 1.29 is 19.4 Å². The van der Waals surface area contributed by atoms with Gasteiger partial charge in [-0.3, -0.25) is 4.79 Å². The van der Waals surface area contributed by atoms with Gasteiger partial charge in [0, 0.05) is 38.5 Å². The van der Waals surface area contributed by atoms with Crippen LogP contribution in [0.15, 0.2) is 85.1 Å². The Morgan fingerprint density at radius 1 is 0.900 bits per heavy atom. The minimum absolute atomic E-state index is 0.107. The second kappa shape index (κ2) is 10.2. The predicted molar refractivity (Wildman–Crippen MR) is 117 cm³/mol. The van der Waals surface area contributed by atoms with E-state index in [0.29, 0.717) is 12.4 Å². The number of rotatable bonds is 9. The highest BCUT2D eigenvalue weighted by Crippen LogP contribution is 2.35. The first kappa shape index (κ1) is 21.0. The molecule has 0 bridgehead atoms. The summed E-state index contributed by atoms with van der Waals surface area (Å²) in [5.74, 6) is 0.166. The molecule has 0 saturated carbocycles. The molecular weight excluding hydrogens is 378 g/mol. The molecule has 3 aromatic carbocycles. The number of phenols is 1. The third-order valence-electron chi connectivity index (χ3n) is 4.31. The fraction of sp³-hybridized carbons (Fsp3) is 0.160. The van der Waals surface area contributed by atoms with Gasteiger partial charge in [0.1, 0.15) is 36.0 Å². The highest BCUT2D eigenvalue weighted by Gasteiger charge is 2.18. The van der Waals surface area contributed by atoms with Gasteiger partial charge in [-0.05, 0) is 11.1 Å². The molecule has 0 radical (unpaired) electrons. The molecular formula is C25H25NO4. The molecule has 1 N–H and O–H groups in total. The molecule has 0 aliphatic rings. The molecule has 0 spiro atoms. The van der Waals surface area contributed by atoms with Crippen LogP contribution in [0.4, 0.5) is 0 Å². The third-order valence-corrected chi connectivity index (χ3v) is 4.31. The maximum absolute atomic E-state index is 12.7. The SMILES string of the molecule is CN(C)/C=C/C(=O)c1c(O)cc(OCc2ccccc2)cc1OCc1ccccc1. The molecule has 5 heteroatoms. The minimum Gasteiger partial charge on any atom is -0.507 e. The van der Waals surface area contributed by atoms with Gasteiger partial charge >= 0.3 is 0 Å². The molecule has 0 atom stereocenters. The van der Waals surface area contributed by atoms with Crippen molar-refractivity contribution >= 4 is 5.78 Å². The summed E-state index contributed by atoms with van der Waals surface area (Å²) in [6.45, 7) is 0.603. The molecule has 30 heavy (non-hydrogen) atoms. The van der Waals surface area contributed by atoms with Crippen LogP contribution in [0.1, 0.15) is 21.5 Å². The van der Waals surface area contributed by atoms with Gasteiger partial charge in [0.15, 0.2) is 5.78 Å². The monoisotopic (exact) mass is 403 g/mol. The largest absolute Gasteiger partial charge is 0.507 e. The number of allylic oxidation sites excluding steroid dienone is 1. The number of aromatic hydroxyl groups is 1. The lowest BCUT2D eigenvalue weighted by Crippen LogP contribution is -2.06. The van der Waals surface area contributed by atoms with Gasteiger partial charge in [0.2, 0.25) is 0 Å². The maximum Gasteiger partial charge on any atom is 0.194 e. The van der Waals surface area contributed by atoms with E-state index in [2.05, 4.69) is 0 Å². The van der Waals surface area contributed by atoms with Crippen LogP contribution >= 0.6 is 0 Å². The number of ketones is 1. The predicted octanol–water partition coefficient (Wildman–Crippen LogP) is 4.81. The standard InChI is InChI=1S/C25H25NO4/c1-26(2)14-13-22(27)25-23(28)15-21(29-17-19-9-5-3-6-10-19)16-24(25)30-18-20-11-7-4-8-12-20/h3-16,28H,17-18H2,1-2H3/b14-13+. The Morgan fingerprint density at radius 3 is 2.03 bits per heavy atom. The summed E-state index contributed by atoms with van der Waals surface area (Å²) in [5.41, 5.74) is 2.06. The summed E-state index contributed by atoms with van der Waals surface area (Å²) in [7, 11) is 3.63. The first-order valence-corrected chi connectivity index (χ1v) is 9.62. The van der Waals surface area contributed by atoms with Crippen LogP contribution in [0, 0.1) is 0 Å². The molecule has 0 unspecified atom stereocenters. The number of hydrogen-bond donors (Lipinski definition) is 1. The van der Waals surface area contributed by atoms with Crippen molar-refractivity contribution in [1.82, 2.24) is 4.90 Å². The summed E-state index contributed by atoms with van der Waals surface area (Å²) in [6.07, 6.45) is 3.03. The minimum atomic E-state index is -0.348. The lowest BCUT2D eigenvalue weighted by molar-refractivity contribution is 0.103. The van der Waals surface area contributed by atoms with Crippen LogP contribution in [0.25, 0.3) is 0 Å². The number of ether oxygens (including phenoxy) is 2. The molecule has 5 nitrogen and oxygen atoms in total. The van der Waals surface area contributed by atoms with Gasteiger partial charge in [-0.2, -0.15) is 0 Å². The van der Waals surface area contributed by atoms with Crippen molar-refractivity contribution in [3.05, 3.63) is 102 Å². The van der Waals surface area contributed by atoms with E-state index in [0.717, 1.165) is 11.1 Å². The Kier molecular flexibility index (Phi) is 7.11. The normalized spacial score (nSPS) is 10.7. The number of benzene rings is 3. The van der Waals surface area contributed by atoms with Crippen molar-refractivity contribution in [1.29, 1.82) is 0 Å². The van der Waals surface area contributed by atoms with Crippen molar-refractivity contribution in [3.8, 4) is 17.2 Å². The van der Waals surface area contributed by atoms with E-state index in [1.165, 1.54) is 12.1 Å². The van der Waals surface area contributed by atoms with Crippen molar-refractivity contribution in [2.45, 2.75) is 13.2 Å². The van der Waals surface area contributed by atoms with Crippen LogP contribution in [0.2, 0.25) is 0 Å². The lowest BCUT2D eigenvalue weighted by atomic mass is 10.1. The fourth-order valence-corrected chi connectivity index (χ4v) is 2.80. The molecule has 0 amide bonds. The molecule has 3 rings (SSSR count). The molecule has 154 valence electrons. The number of carbonyl (C=O) groups excluding carboxylic acids is 1. The van der Waals surface area contributed by atoms with Gasteiger partial charge in [-0.25, -0.2) is 0 Å². The quantitative estimate of drug-likeness (QED) is 0.410. The molecule has 0 aromatic heterocycles. The Hall–Kier alpha value is -3.73. The average Bonchev–Trinajstić information content (AvgIpc) is 2.76. The van der Waals surface area contributed by atoms with E-state index >= 15 is 0 Å². The van der Waals surface area contributed by atoms with Gasteiger partial charge in [-0.15, -0.1) is 0 Å². The molecule has 0 fully saturated rings. The zero-order chi connectivity index (χ0) is 21.3. The second-order valence-electron chi connectivity index (χ2n) is 7.01. The van der Waals surface area contributed by atoms with Gasteiger partial charge < -0.3 is 19.5 Å². The van der Waals surface area contributed by atoms with E-state index in [1.54, 1.807) is 17.2 Å². The summed E-state index contributed by atoms with van der Waals surface area (Å²) in [4.78, 5) is 14.4. The molecule has 3 aromatic rings.